The highest BCUT2D eigenvalue weighted by atomic mass is 16.5. The van der Waals surface area contributed by atoms with E-state index in [4.69, 9.17) is 10.5 Å². The minimum absolute atomic E-state index is 0.188. The first-order valence-electron chi connectivity index (χ1n) is 6.05. The summed E-state index contributed by atoms with van der Waals surface area (Å²) in [4.78, 5) is 11.8. The summed E-state index contributed by atoms with van der Waals surface area (Å²) in [5, 5.41) is 2.93. The van der Waals surface area contributed by atoms with Gasteiger partial charge >= 0.3 is 0 Å². The summed E-state index contributed by atoms with van der Waals surface area (Å²) in [5.74, 6) is 1.52. The Morgan fingerprint density at radius 3 is 2.88 bits per heavy atom. The van der Waals surface area contributed by atoms with Crippen molar-refractivity contribution in [2.45, 2.75) is 12.8 Å². The molecule has 0 aromatic heterocycles. The number of allylic oxidation sites excluding steroid dienone is 2. The molecule has 0 radical (unpaired) electrons. The van der Waals surface area contributed by atoms with E-state index in [2.05, 4.69) is 17.5 Å². The molecule has 90 valence electrons. The van der Waals surface area contributed by atoms with Crippen LogP contribution in [0.2, 0.25) is 0 Å². The van der Waals surface area contributed by atoms with Crippen molar-refractivity contribution in [2.24, 2.45) is 23.5 Å². The zero-order valence-corrected chi connectivity index (χ0v) is 9.52. The molecule has 3 N–H and O–H groups in total. The number of nitrogens with two attached hydrogens (primary N) is 1. The van der Waals surface area contributed by atoms with Crippen LogP contribution in [0.1, 0.15) is 12.8 Å². The monoisotopic (exact) mass is 224 g/mol. The Morgan fingerprint density at radius 1 is 1.38 bits per heavy atom. The minimum atomic E-state index is 0.188. The fourth-order valence-corrected chi connectivity index (χ4v) is 2.65. The Hall–Kier alpha value is -0.870. The van der Waals surface area contributed by atoms with Crippen LogP contribution < -0.4 is 11.1 Å². The van der Waals surface area contributed by atoms with Crippen LogP contribution in [0.5, 0.6) is 0 Å². The largest absolute Gasteiger partial charge is 0.378 e. The van der Waals surface area contributed by atoms with Gasteiger partial charge in [0.15, 0.2) is 0 Å². The Balaban J connectivity index is 1.63. The third kappa shape index (κ3) is 2.62. The van der Waals surface area contributed by atoms with Crippen molar-refractivity contribution in [3.63, 3.8) is 0 Å². The van der Waals surface area contributed by atoms with Gasteiger partial charge < -0.3 is 15.8 Å². The molecule has 2 aliphatic rings. The number of carbonyl (C=O) groups excluding carboxylic acids is 1. The molecular formula is C12H20N2O2. The van der Waals surface area contributed by atoms with Crippen molar-refractivity contribution in [1.82, 2.24) is 5.32 Å². The second-order valence-corrected chi connectivity index (χ2v) is 4.58. The molecule has 0 saturated heterocycles. The summed E-state index contributed by atoms with van der Waals surface area (Å²) in [5.41, 5.74) is 5.29. The quantitative estimate of drug-likeness (QED) is 0.503. The fourth-order valence-electron chi connectivity index (χ4n) is 2.65. The second-order valence-electron chi connectivity index (χ2n) is 4.58. The molecule has 2 aliphatic carbocycles. The first-order valence-corrected chi connectivity index (χ1v) is 6.05. The third-order valence-corrected chi connectivity index (χ3v) is 3.42. The molecule has 3 unspecified atom stereocenters. The van der Waals surface area contributed by atoms with Crippen molar-refractivity contribution in [3.8, 4) is 0 Å². The zero-order valence-electron chi connectivity index (χ0n) is 9.52. The summed E-state index contributed by atoms with van der Waals surface area (Å²) in [6, 6.07) is 0. The molecule has 3 atom stereocenters. The molecule has 1 saturated carbocycles. The number of hydrogen-bond donors (Lipinski definition) is 2. The number of nitrogens with one attached hydrogen (secondary N) is 1. The maximum Gasteiger partial charge on any atom is 0.223 e. The van der Waals surface area contributed by atoms with E-state index in [-0.39, 0.29) is 11.8 Å². The molecule has 4 heteroatoms. The molecule has 1 fully saturated rings. The number of rotatable bonds is 6. The SMILES string of the molecule is NCCOCCNC(=O)C1CC2C=CC1C2. The molecule has 4 nitrogen and oxygen atoms in total. The van der Waals surface area contributed by atoms with Gasteiger partial charge in [0.1, 0.15) is 0 Å². The first-order chi connectivity index (χ1) is 7.81. The molecule has 0 spiro atoms. The Morgan fingerprint density at radius 2 is 2.25 bits per heavy atom. The molecular weight excluding hydrogens is 204 g/mol. The maximum atomic E-state index is 11.8. The Kier molecular flexibility index (Phi) is 3.96. The lowest BCUT2D eigenvalue weighted by Gasteiger charge is -2.17. The summed E-state index contributed by atoms with van der Waals surface area (Å²) >= 11 is 0. The molecule has 2 rings (SSSR count). The predicted molar refractivity (Wildman–Crippen MR) is 61.7 cm³/mol. The van der Waals surface area contributed by atoms with Crippen LogP contribution in [0.25, 0.3) is 0 Å². The summed E-state index contributed by atoms with van der Waals surface area (Å²) in [7, 11) is 0. The minimum Gasteiger partial charge on any atom is -0.378 e. The Labute approximate surface area is 96.2 Å². The highest BCUT2D eigenvalue weighted by Crippen LogP contribution is 2.43. The highest BCUT2D eigenvalue weighted by molar-refractivity contribution is 5.79. The molecule has 1 amide bonds. The lowest BCUT2D eigenvalue weighted by atomic mass is 9.93. The van der Waals surface area contributed by atoms with Crippen LogP contribution in [0.4, 0.5) is 0 Å². The van der Waals surface area contributed by atoms with Crippen molar-refractivity contribution in [3.05, 3.63) is 12.2 Å². The van der Waals surface area contributed by atoms with Gasteiger partial charge in [-0.3, -0.25) is 4.79 Å². The molecule has 16 heavy (non-hydrogen) atoms. The highest BCUT2D eigenvalue weighted by Gasteiger charge is 2.39. The van der Waals surface area contributed by atoms with Gasteiger partial charge in [-0.1, -0.05) is 12.2 Å². The van der Waals surface area contributed by atoms with Gasteiger partial charge in [-0.05, 0) is 24.7 Å². The van der Waals surface area contributed by atoms with E-state index >= 15 is 0 Å². The number of carbonyl (C=O) groups is 1. The first kappa shape index (κ1) is 11.6. The predicted octanol–water partition coefficient (Wildman–Crippen LogP) is 0.290. The number of fused-ring (bicyclic) bond motifs is 2. The maximum absolute atomic E-state index is 11.8. The van der Waals surface area contributed by atoms with Gasteiger partial charge in [-0.25, -0.2) is 0 Å². The molecule has 0 aliphatic heterocycles. The fraction of sp³-hybridized carbons (Fsp3) is 0.750. The van der Waals surface area contributed by atoms with Crippen molar-refractivity contribution in [2.75, 3.05) is 26.3 Å². The lowest BCUT2D eigenvalue weighted by molar-refractivity contribution is -0.125. The van der Waals surface area contributed by atoms with Gasteiger partial charge in [-0.15, -0.1) is 0 Å². The normalized spacial score (nSPS) is 30.9. The summed E-state index contributed by atoms with van der Waals surface area (Å²) < 4.78 is 5.20. The van der Waals surface area contributed by atoms with E-state index in [0.717, 1.165) is 6.42 Å². The van der Waals surface area contributed by atoms with E-state index in [1.807, 2.05) is 0 Å². The third-order valence-electron chi connectivity index (χ3n) is 3.42. The average molecular weight is 224 g/mol. The van der Waals surface area contributed by atoms with Crippen LogP contribution in [0.3, 0.4) is 0 Å². The van der Waals surface area contributed by atoms with Gasteiger partial charge in [0, 0.05) is 19.0 Å². The standard InChI is InChI=1S/C12H20N2O2/c13-3-5-16-6-4-14-12(15)11-8-9-1-2-10(11)7-9/h1-2,9-11H,3-8,13H2,(H,14,15). The summed E-state index contributed by atoms with van der Waals surface area (Å²) in [6.07, 6.45) is 6.64. The van der Waals surface area contributed by atoms with Crippen LogP contribution in [0, 0.1) is 17.8 Å². The number of hydrogen-bond acceptors (Lipinski definition) is 3. The number of ether oxygens (including phenoxy) is 1. The Bertz CT molecular complexity index is 278. The van der Waals surface area contributed by atoms with Crippen molar-refractivity contribution >= 4 is 5.91 Å². The van der Waals surface area contributed by atoms with Gasteiger partial charge in [-0.2, -0.15) is 0 Å². The van der Waals surface area contributed by atoms with Gasteiger partial charge in [0.25, 0.3) is 0 Å². The molecule has 0 heterocycles. The van der Waals surface area contributed by atoms with Crippen LogP contribution in [-0.4, -0.2) is 32.2 Å². The van der Waals surface area contributed by atoms with Gasteiger partial charge in [0.05, 0.1) is 13.2 Å². The van der Waals surface area contributed by atoms with Crippen molar-refractivity contribution in [1.29, 1.82) is 0 Å². The molecule has 0 aromatic carbocycles. The molecule has 0 aromatic rings. The summed E-state index contributed by atoms with van der Waals surface area (Å²) in [6.45, 7) is 2.24. The van der Waals surface area contributed by atoms with E-state index in [0.29, 0.717) is 38.1 Å². The average Bonchev–Trinajstić information content (AvgIpc) is 2.90. The smallest absolute Gasteiger partial charge is 0.223 e. The second kappa shape index (κ2) is 5.46. The van der Waals surface area contributed by atoms with Crippen LogP contribution >= 0.6 is 0 Å². The van der Waals surface area contributed by atoms with Crippen LogP contribution in [-0.2, 0) is 9.53 Å². The zero-order chi connectivity index (χ0) is 11.4. The van der Waals surface area contributed by atoms with E-state index < -0.39 is 0 Å². The van der Waals surface area contributed by atoms with Gasteiger partial charge in [0.2, 0.25) is 5.91 Å². The number of amides is 1. The lowest BCUT2D eigenvalue weighted by Crippen LogP contribution is -2.35. The van der Waals surface area contributed by atoms with E-state index in [9.17, 15) is 4.79 Å². The molecule has 2 bridgehead atoms. The van der Waals surface area contributed by atoms with Crippen LogP contribution in [0.15, 0.2) is 12.2 Å². The van der Waals surface area contributed by atoms with Crippen molar-refractivity contribution < 1.29 is 9.53 Å². The van der Waals surface area contributed by atoms with E-state index in [1.165, 1.54) is 6.42 Å². The topological polar surface area (TPSA) is 64.3 Å². The van der Waals surface area contributed by atoms with E-state index in [1.54, 1.807) is 0 Å².